The van der Waals surface area contributed by atoms with Crippen molar-refractivity contribution in [2.24, 2.45) is 13.0 Å². The van der Waals surface area contributed by atoms with Crippen LogP contribution in [-0.4, -0.2) is 27.1 Å². The second-order valence-corrected chi connectivity index (χ2v) is 5.86. The lowest BCUT2D eigenvalue weighted by Crippen LogP contribution is -2.57. The van der Waals surface area contributed by atoms with Crippen molar-refractivity contribution in [1.82, 2.24) is 9.88 Å². The van der Waals surface area contributed by atoms with Crippen molar-refractivity contribution in [3.63, 3.8) is 0 Å². The van der Waals surface area contributed by atoms with Crippen molar-refractivity contribution < 1.29 is 14.7 Å². The molecule has 0 aliphatic heterocycles. The first-order valence-electron chi connectivity index (χ1n) is 7.07. The van der Waals surface area contributed by atoms with E-state index in [1.54, 1.807) is 19.3 Å². The van der Waals surface area contributed by atoms with Crippen LogP contribution >= 0.6 is 0 Å². The number of pyridine rings is 1. The molecule has 2 rings (SSSR count). The van der Waals surface area contributed by atoms with E-state index in [0.717, 1.165) is 12.8 Å². The number of rotatable bonds is 3. The van der Waals surface area contributed by atoms with Crippen LogP contribution in [0.15, 0.2) is 23.1 Å². The number of hydrogen-bond donors (Lipinski definition) is 2. The van der Waals surface area contributed by atoms with Gasteiger partial charge in [0.2, 0.25) is 0 Å². The first-order chi connectivity index (χ1) is 9.85. The predicted molar refractivity (Wildman–Crippen MR) is 77.1 cm³/mol. The van der Waals surface area contributed by atoms with E-state index in [0.29, 0.717) is 18.8 Å². The molecule has 1 aliphatic rings. The van der Waals surface area contributed by atoms with E-state index in [1.807, 2.05) is 0 Å². The number of hydrogen-bond acceptors (Lipinski definition) is 3. The van der Waals surface area contributed by atoms with Gasteiger partial charge in [-0.2, -0.15) is 0 Å². The molecule has 1 amide bonds. The number of carboxylic acid groups (broad SMARTS) is 1. The average molecular weight is 292 g/mol. The number of amides is 1. The van der Waals surface area contributed by atoms with Crippen LogP contribution in [0.25, 0.3) is 0 Å². The molecule has 2 N–H and O–H groups in total. The molecule has 0 atom stereocenters. The first-order valence-corrected chi connectivity index (χ1v) is 7.07. The molecule has 0 radical (unpaired) electrons. The SMILES string of the molecule is CC1CCC(NC(=O)c2cccn(C)c2=O)(C(=O)O)CC1. The summed E-state index contributed by atoms with van der Waals surface area (Å²) in [6, 6.07) is 3.01. The lowest BCUT2D eigenvalue weighted by atomic mass is 9.77. The second kappa shape index (κ2) is 5.71. The largest absolute Gasteiger partial charge is 0.480 e. The number of aliphatic carboxylic acids is 1. The van der Waals surface area contributed by atoms with Crippen molar-refractivity contribution in [3.8, 4) is 0 Å². The molecule has 21 heavy (non-hydrogen) atoms. The van der Waals surface area contributed by atoms with Gasteiger partial charge in [0.25, 0.3) is 11.5 Å². The van der Waals surface area contributed by atoms with Crippen LogP contribution in [0, 0.1) is 5.92 Å². The molecule has 0 bridgehead atoms. The van der Waals surface area contributed by atoms with E-state index in [9.17, 15) is 19.5 Å². The van der Waals surface area contributed by atoms with Gasteiger partial charge >= 0.3 is 5.97 Å². The topological polar surface area (TPSA) is 88.4 Å². The van der Waals surface area contributed by atoms with Gasteiger partial charge < -0.3 is 15.0 Å². The summed E-state index contributed by atoms with van der Waals surface area (Å²) in [5.74, 6) is -1.19. The van der Waals surface area contributed by atoms with Crippen LogP contribution in [0.2, 0.25) is 0 Å². The minimum atomic E-state index is -1.26. The van der Waals surface area contributed by atoms with E-state index in [1.165, 1.54) is 10.6 Å². The van der Waals surface area contributed by atoms with Crippen LogP contribution < -0.4 is 10.9 Å². The third-order valence-corrected chi connectivity index (χ3v) is 4.26. The zero-order chi connectivity index (χ0) is 15.6. The van der Waals surface area contributed by atoms with Gasteiger partial charge in [-0.3, -0.25) is 9.59 Å². The number of carboxylic acids is 1. The van der Waals surface area contributed by atoms with Gasteiger partial charge in [-0.05, 0) is 43.7 Å². The fourth-order valence-corrected chi connectivity index (χ4v) is 2.70. The molecule has 6 heteroatoms. The van der Waals surface area contributed by atoms with Gasteiger partial charge in [-0.15, -0.1) is 0 Å². The molecular formula is C15H20N2O4. The Labute approximate surface area is 122 Å². The molecule has 6 nitrogen and oxygen atoms in total. The molecule has 1 saturated carbocycles. The van der Waals surface area contributed by atoms with E-state index in [4.69, 9.17) is 0 Å². The molecule has 114 valence electrons. The smallest absolute Gasteiger partial charge is 0.329 e. The van der Waals surface area contributed by atoms with Gasteiger partial charge in [-0.1, -0.05) is 6.92 Å². The van der Waals surface area contributed by atoms with Crippen molar-refractivity contribution >= 4 is 11.9 Å². The molecule has 1 aromatic rings. The van der Waals surface area contributed by atoms with Crippen molar-refractivity contribution in [2.75, 3.05) is 0 Å². The lowest BCUT2D eigenvalue weighted by Gasteiger charge is -2.36. The summed E-state index contributed by atoms with van der Waals surface area (Å²) in [5, 5.41) is 12.1. The Hall–Kier alpha value is -2.11. The molecule has 1 aromatic heterocycles. The van der Waals surface area contributed by atoms with Gasteiger partial charge in [0.1, 0.15) is 11.1 Å². The maximum atomic E-state index is 12.3. The highest BCUT2D eigenvalue weighted by molar-refractivity contribution is 5.97. The van der Waals surface area contributed by atoms with Crippen LogP contribution in [0.1, 0.15) is 43.0 Å². The number of nitrogens with one attached hydrogen (secondary N) is 1. The minimum absolute atomic E-state index is 0.0285. The molecule has 0 saturated heterocycles. The molecule has 0 aromatic carbocycles. The zero-order valence-electron chi connectivity index (χ0n) is 12.3. The summed E-state index contributed by atoms with van der Waals surface area (Å²) in [6.07, 6.45) is 3.83. The lowest BCUT2D eigenvalue weighted by molar-refractivity contribution is -0.146. The Bertz CT molecular complexity index is 612. The Balaban J connectivity index is 2.25. The van der Waals surface area contributed by atoms with E-state index in [-0.39, 0.29) is 5.56 Å². The van der Waals surface area contributed by atoms with Crippen LogP contribution in [0.5, 0.6) is 0 Å². The van der Waals surface area contributed by atoms with Gasteiger partial charge in [-0.25, -0.2) is 4.79 Å². The molecule has 1 aliphatic carbocycles. The van der Waals surface area contributed by atoms with E-state index < -0.39 is 23.0 Å². The normalized spacial score (nSPS) is 25.3. The summed E-state index contributed by atoms with van der Waals surface area (Å²) in [5.41, 5.74) is -1.72. The molecular weight excluding hydrogens is 272 g/mol. The predicted octanol–water partition coefficient (Wildman–Crippen LogP) is 1.15. The van der Waals surface area contributed by atoms with Gasteiger partial charge in [0, 0.05) is 13.2 Å². The zero-order valence-corrected chi connectivity index (χ0v) is 12.3. The highest BCUT2D eigenvalue weighted by Gasteiger charge is 2.42. The van der Waals surface area contributed by atoms with E-state index >= 15 is 0 Å². The number of nitrogens with zero attached hydrogens (tertiary/aromatic N) is 1. The minimum Gasteiger partial charge on any atom is -0.480 e. The van der Waals surface area contributed by atoms with Crippen molar-refractivity contribution in [1.29, 1.82) is 0 Å². The monoisotopic (exact) mass is 292 g/mol. The molecule has 0 spiro atoms. The van der Waals surface area contributed by atoms with Crippen LogP contribution in [-0.2, 0) is 11.8 Å². The summed E-state index contributed by atoms with van der Waals surface area (Å²) in [6.45, 7) is 2.07. The second-order valence-electron chi connectivity index (χ2n) is 5.86. The summed E-state index contributed by atoms with van der Waals surface area (Å²) in [7, 11) is 1.55. The molecule has 1 fully saturated rings. The fraction of sp³-hybridized carbons (Fsp3) is 0.533. The third-order valence-electron chi connectivity index (χ3n) is 4.26. The maximum absolute atomic E-state index is 12.3. The maximum Gasteiger partial charge on any atom is 0.329 e. The van der Waals surface area contributed by atoms with Crippen molar-refractivity contribution in [3.05, 3.63) is 34.2 Å². The number of carbonyl (C=O) groups is 2. The van der Waals surface area contributed by atoms with Crippen LogP contribution in [0.4, 0.5) is 0 Å². The third kappa shape index (κ3) is 2.99. The van der Waals surface area contributed by atoms with Gasteiger partial charge in [0.05, 0.1) is 0 Å². The molecule has 0 unspecified atom stereocenters. The number of aryl methyl sites for hydroxylation is 1. The summed E-state index contributed by atoms with van der Waals surface area (Å²) < 4.78 is 1.30. The van der Waals surface area contributed by atoms with E-state index in [2.05, 4.69) is 12.2 Å². The Kier molecular flexibility index (Phi) is 4.16. The quantitative estimate of drug-likeness (QED) is 0.874. The average Bonchev–Trinajstić information content (AvgIpc) is 2.44. The highest BCUT2D eigenvalue weighted by atomic mass is 16.4. The summed E-state index contributed by atoms with van der Waals surface area (Å²) in [4.78, 5) is 35.8. The highest BCUT2D eigenvalue weighted by Crippen LogP contribution is 2.32. The Morgan fingerprint density at radius 1 is 1.38 bits per heavy atom. The van der Waals surface area contributed by atoms with Crippen molar-refractivity contribution in [2.45, 2.75) is 38.1 Å². The van der Waals surface area contributed by atoms with Crippen LogP contribution in [0.3, 0.4) is 0 Å². The number of aromatic nitrogens is 1. The summed E-state index contributed by atoms with van der Waals surface area (Å²) >= 11 is 0. The Morgan fingerprint density at radius 3 is 2.57 bits per heavy atom. The molecule has 1 heterocycles. The Morgan fingerprint density at radius 2 is 2.00 bits per heavy atom. The fourth-order valence-electron chi connectivity index (χ4n) is 2.70. The van der Waals surface area contributed by atoms with Gasteiger partial charge in [0.15, 0.2) is 0 Å². The standard InChI is InChI=1S/C15H20N2O4/c1-10-5-7-15(8-6-10,14(20)21)16-12(18)11-4-3-9-17(2)13(11)19/h3-4,9-10H,5-8H2,1-2H3,(H,16,18)(H,20,21). The first kappa shape index (κ1) is 15.3. The number of carbonyl (C=O) groups excluding carboxylic acids is 1.